The number of rotatable bonds is 7. The zero-order valence-electron chi connectivity index (χ0n) is 15.1. The van der Waals surface area contributed by atoms with Crippen molar-refractivity contribution in [2.75, 3.05) is 13.2 Å². The summed E-state index contributed by atoms with van der Waals surface area (Å²) in [5, 5.41) is 10.2. The Balaban J connectivity index is 1.93. The largest absolute Gasteiger partial charge is 0.394 e. The first-order valence-electron chi connectivity index (χ1n) is 8.70. The second kappa shape index (κ2) is 8.56. The van der Waals surface area contributed by atoms with Crippen molar-refractivity contribution < 1.29 is 23.8 Å². The summed E-state index contributed by atoms with van der Waals surface area (Å²) in [7, 11) is 0. The smallest absolute Gasteiger partial charge is 0.331 e. The van der Waals surface area contributed by atoms with Crippen LogP contribution in [-0.2, 0) is 26.6 Å². The van der Waals surface area contributed by atoms with Gasteiger partial charge in [0.25, 0.3) is 5.56 Å². The quantitative estimate of drug-likeness (QED) is 0.560. The molecule has 3 rings (SSSR count). The summed E-state index contributed by atoms with van der Waals surface area (Å²) in [5.41, 5.74) is 1.96. The normalized spacial score (nSPS) is 24.0. The molecule has 3 atom stereocenters. The molecule has 0 bridgehead atoms. The Morgan fingerprint density at radius 1 is 1.41 bits per heavy atom. The summed E-state index contributed by atoms with van der Waals surface area (Å²) in [6.45, 7) is -0.926. The van der Waals surface area contributed by atoms with E-state index in [4.69, 9.17) is 26.8 Å². The number of nitrogens with two attached hydrogens (primary N) is 1. The average Bonchev–Trinajstić information content (AvgIpc) is 3.09. The fraction of sp³-hybridized carbons (Fsp3) is 0.389. The number of aromatic amines is 1. The Morgan fingerprint density at radius 2 is 2.10 bits per heavy atom. The van der Waals surface area contributed by atoms with Crippen LogP contribution in [0.5, 0.6) is 0 Å². The van der Waals surface area contributed by atoms with Crippen molar-refractivity contribution in [1.29, 1.82) is 0 Å². The van der Waals surface area contributed by atoms with Gasteiger partial charge >= 0.3 is 5.69 Å². The molecule has 1 saturated heterocycles. The number of hydrogen-bond acceptors (Lipinski definition) is 7. The van der Waals surface area contributed by atoms with Gasteiger partial charge in [-0.3, -0.25) is 19.1 Å². The molecule has 0 saturated carbocycles. The van der Waals surface area contributed by atoms with Crippen molar-refractivity contribution in [2.24, 2.45) is 5.73 Å². The molecule has 0 amide bonds. The van der Waals surface area contributed by atoms with Crippen molar-refractivity contribution in [3.8, 4) is 0 Å². The average molecular weight is 428 g/mol. The lowest BCUT2D eigenvalue weighted by Gasteiger charge is -2.28. The third-order valence-corrected chi connectivity index (χ3v) is 4.96. The first kappa shape index (κ1) is 21.3. The highest BCUT2D eigenvalue weighted by Gasteiger charge is 2.53. The van der Waals surface area contributed by atoms with Crippen LogP contribution in [0, 0.1) is 5.82 Å². The van der Waals surface area contributed by atoms with Crippen molar-refractivity contribution in [1.82, 2.24) is 9.55 Å². The highest BCUT2D eigenvalue weighted by Crippen LogP contribution is 2.37. The second-order valence-electron chi connectivity index (χ2n) is 6.54. The maximum Gasteiger partial charge on any atom is 0.331 e. The lowest BCUT2D eigenvalue weighted by Crippen LogP contribution is -2.52. The van der Waals surface area contributed by atoms with Crippen LogP contribution in [0.3, 0.4) is 0 Å². The molecule has 1 fully saturated rings. The molecule has 0 aliphatic carbocycles. The molecule has 2 heterocycles. The summed E-state index contributed by atoms with van der Waals surface area (Å²) < 4.78 is 26.0. The number of aromatic nitrogens is 2. The molecule has 9 nitrogen and oxygen atoms in total. The van der Waals surface area contributed by atoms with Crippen LogP contribution in [0.1, 0.15) is 12.0 Å². The van der Waals surface area contributed by atoms with Gasteiger partial charge in [-0.1, -0.05) is 23.7 Å². The zero-order valence-corrected chi connectivity index (χ0v) is 15.9. The topological polar surface area (TPSA) is 137 Å². The summed E-state index contributed by atoms with van der Waals surface area (Å²) in [6.07, 6.45) is -1.43. The van der Waals surface area contributed by atoms with Crippen LogP contribution in [-0.4, -0.2) is 45.8 Å². The summed E-state index contributed by atoms with van der Waals surface area (Å²) in [6, 6.07) is 6.85. The minimum atomic E-state index is -2.02. The number of aliphatic hydroxyl groups excluding tert-OH is 1. The summed E-state index contributed by atoms with van der Waals surface area (Å²) >= 11 is 5.85. The van der Waals surface area contributed by atoms with Crippen LogP contribution in [0.4, 0.5) is 4.39 Å². The van der Waals surface area contributed by atoms with E-state index in [9.17, 15) is 23.9 Å². The predicted molar refractivity (Wildman–Crippen MR) is 99.9 cm³/mol. The molecule has 156 valence electrons. The monoisotopic (exact) mass is 427 g/mol. The highest BCUT2D eigenvalue weighted by molar-refractivity contribution is 6.30. The number of hydrogen-bond donors (Lipinski definition) is 3. The maximum absolute atomic E-state index is 13.8. The van der Waals surface area contributed by atoms with Crippen molar-refractivity contribution in [3.63, 3.8) is 0 Å². The SMILES string of the molecule is NCC(=O)[C@]1(n2cc(F)c(=O)[nH]c2=O)C[C@H](OCc2ccc(Cl)cc2)[C@@H](CO)O1. The number of Topliss-reactive ketones (excluding diaryl/α,β-unsaturated/α-hetero) is 1. The van der Waals surface area contributed by atoms with E-state index in [0.717, 1.165) is 5.56 Å². The van der Waals surface area contributed by atoms with Crippen molar-refractivity contribution in [3.05, 3.63) is 67.7 Å². The van der Waals surface area contributed by atoms with Gasteiger partial charge in [0.15, 0.2) is 5.78 Å². The number of nitrogens with zero attached hydrogens (tertiary/aromatic N) is 1. The minimum Gasteiger partial charge on any atom is -0.394 e. The number of ether oxygens (including phenoxy) is 2. The van der Waals surface area contributed by atoms with Gasteiger partial charge in [0, 0.05) is 11.4 Å². The van der Waals surface area contributed by atoms with E-state index in [1.54, 1.807) is 29.2 Å². The molecule has 1 aromatic carbocycles. The maximum atomic E-state index is 13.8. The Kier molecular flexibility index (Phi) is 6.30. The molecule has 2 aromatic rings. The van der Waals surface area contributed by atoms with E-state index < -0.39 is 53.9 Å². The van der Waals surface area contributed by atoms with Crippen LogP contribution < -0.4 is 17.0 Å². The third kappa shape index (κ3) is 4.16. The Bertz CT molecular complexity index is 1010. The first-order chi connectivity index (χ1) is 13.8. The lowest BCUT2D eigenvalue weighted by molar-refractivity contribution is -0.161. The Labute approximate surface area is 168 Å². The molecule has 4 N–H and O–H groups in total. The van der Waals surface area contributed by atoms with Gasteiger partial charge in [-0.25, -0.2) is 4.79 Å². The van der Waals surface area contributed by atoms with Gasteiger partial charge in [-0.2, -0.15) is 4.39 Å². The Hall–Kier alpha value is -2.37. The standard InChI is InChI=1S/C18H19ClFN3O6/c19-11-3-1-10(2-4-11)9-28-13-5-18(15(25)6-21,29-14(13)8-24)23-7-12(20)16(26)22-17(23)27/h1-4,7,13-14,24H,5-6,8-9,21H2,(H,22,26,27)/t13-,14+,18-/m0/s1. The molecule has 1 aliphatic heterocycles. The number of carbonyl (C=O) groups excluding carboxylic acids is 1. The van der Waals surface area contributed by atoms with E-state index in [0.29, 0.717) is 15.8 Å². The number of benzene rings is 1. The highest BCUT2D eigenvalue weighted by atomic mass is 35.5. The summed E-state index contributed by atoms with van der Waals surface area (Å²) in [5.74, 6) is -2.01. The van der Waals surface area contributed by atoms with Crippen molar-refractivity contribution >= 4 is 17.4 Å². The van der Waals surface area contributed by atoms with Gasteiger partial charge in [0.2, 0.25) is 11.5 Å². The molecule has 0 spiro atoms. The van der Waals surface area contributed by atoms with E-state index in [1.165, 1.54) is 0 Å². The lowest BCUT2D eigenvalue weighted by atomic mass is 10.0. The van der Waals surface area contributed by atoms with Gasteiger partial charge in [-0.05, 0) is 17.7 Å². The molecule has 11 heteroatoms. The zero-order chi connectivity index (χ0) is 21.2. The fourth-order valence-electron chi connectivity index (χ4n) is 3.23. The van der Waals surface area contributed by atoms with E-state index in [-0.39, 0.29) is 13.0 Å². The van der Waals surface area contributed by atoms with Crippen LogP contribution >= 0.6 is 11.6 Å². The van der Waals surface area contributed by atoms with Gasteiger partial charge in [0.05, 0.1) is 32.1 Å². The van der Waals surface area contributed by atoms with Gasteiger partial charge in [0.1, 0.15) is 6.10 Å². The van der Waals surface area contributed by atoms with Crippen LogP contribution in [0.25, 0.3) is 0 Å². The fourth-order valence-corrected chi connectivity index (χ4v) is 3.35. The Morgan fingerprint density at radius 3 is 2.72 bits per heavy atom. The first-order valence-corrected chi connectivity index (χ1v) is 9.08. The van der Waals surface area contributed by atoms with E-state index in [2.05, 4.69) is 0 Å². The van der Waals surface area contributed by atoms with E-state index in [1.807, 2.05) is 0 Å². The van der Waals surface area contributed by atoms with Gasteiger partial charge in [-0.15, -0.1) is 0 Å². The number of H-pyrrole nitrogens is 1. The van der Waals surface area contributed by atoms with E-state index >= 15 is 0 Å². The minimum absolute atomic E-state index is 0.115. The molecule has 0 unspecified atom stereocenters. The number of carbonyl (C=O) groups is 1. The summed E-state index contributed by atoms with van der Waals surface area (Å²) in [4.78, 5) is 38.0. The number of ketones is 1. The third-order valence-electron chi connectivity index (χ3n) is 4.71. The van der Waals surface area contributed by atoms with Crippen molar-refractivity contribution in [2.45, 2.75) is 31.0 Å². The van der Waals surface area contributed by atoms with Crippen LogP contribution in [0.2, 0.25) is 5.02 Å². The molecular weight excluding hydrogens is 409 g/mol. The second-order valence-corrected chi connectivity index (χ2v) is 6.97. The molecule has 1 aliphatic rings. The number of aliphatic hydroxyl groups is 1. The molecule has 0 radical (unpaired) electrons. The molecule has 29 heavy (non-hydrogen) atoms. The predicted octanol–water partition coefficient (Wildman–Crippen LogP) is -0.124. The van der Waals surface area contributed by atoms with Crippen LogP contribution in [0.15, 0.2) is 40.1 Å². The number of halogens is 2. The molecule has 1 aromatic heterocycles. The molecular formula is C18H19ClFN3O6. The number of nitrogens with one attached hydrogen (secondary N) is 1. The van der Waals surface area contributed by atoms with Gasteiger partial charge < -0.3 is 20.3 Å².